The molecule has 1 aliphatic heterocycles. The fraction of sp³-hybridized carbons (Fsp3) is 0.500. The molecule has 0 saturated carbocycles. The van der Waals surface area contributed by atoms with Crippen LogP contribution >= 0.6 is 0 Å². The Labute approximate surface area is 109 Å². The third-order valence-corrected chi connectivity index (χ3v) is 3.53. The number of nitrogens with zero attached hydrogens (tertiary/aromatic N) is 2. The molecule has 2 aromatic heterocycles. The van der Waals surface area contributed by atoms with Gasteiger partial charge in [-0.05, 0) is 13.0 Å². The van der Waals surface area contributed by atoms with Crippen LogP contribution in [0.15, 0.2) is 4.79 Å². The van der Waals surface area contributed by atoms with Crippen LogP contribution in [-0.4, -0.2) is 39.2 Å². The summed E-state index contributed by atoms with van der Waals surface area (Å²) in [5, 5.41) is 2.68. The number of aromatic amines is 2. The number of rotatable bonds is 1. The number of imidazole rings is 1. The molecule has 1 saturated heterocycles. The van der Waals surface area contributed by atoms with Crippen LogP contribution in [0.4, 0.5) is 19.1 Å². The van der Waals surface area contributed by atoms with E-state index in [2.05, 4.69) is 25.3 Å². The molecule has 108 valence electrons. The van der Waals surface area contributed by atoms with E-state index in [1.165, 1.54) is 0 Å². The minimum absolute atomic E-state index is 0.107. The van der Waals surface area contributed by atoms with Crippen LogP contribution < -0.4 is 16.6 Å². The van der Waals surface area contributed by atoms with Gasteiger partial charge in [0.1, 0.15) is 11.2 Å². The van der Waals surface area contributed by atoms with Crippen molar-refractivity contribution in [2.75, 3.05) is 18.8 Å². The average Bonchev–Trinajstić information content (AvgIpc) is 2.92. The van der Waals surface area contributed by atoms with E-state index in [1.807, 2.05) is 0 Å². The Kier molecular flexibility index (Phi) is 2.55. The van der Waals surface area contributed by atoms with E-state index in [-0.39, 0.29) is 42.4 Å². The van der Waals surface area contributed by atoms with Gasteiger partial charge in [-0.2, -0.15) is 18.2 Å². The van der Waals surface area contributed by atoms with Crippen molar-refractivity contribution in [2.24, 2.45) is 0 Å². The van der Waals surface area contributed by atoms with Gasteiger partial charge in [-0.3, -0.25) is 9.78 Å². The number of nitrogen functional groups attached to an aromatic ring is 1. The van der Waals surface area contributed by atoms with Crippen molar-refractivity contribution in [3.63, 3.8) is 0 Å². The Hall–Kier alpha value is -2.10. The molecule has 3 heterocycles. The Bertz CT molecular complexity index is 712. The van der Waals surface area contributed by atoms with Crippen LogP contribution in [-0.2, 0) is 5.41 Å². The Morgan fingerprint density at radius 1 is 1.25 bits per heavy atom. The maximum atomic E-state index is 13.4. The van der Waals surface area contributed by atoms with E-state index in [4.69, 9.17) is 5.73 Å². The summed E-state index contributed by atoms with van der Waals surface area (Å²) in [5.41, 5.74) is 2.36. The molecule has 10 heteroatoms. The molecule has 0 bridgehead atoms. The lowest BCUT2D eigenvalue weighted by molar-refractivity contribution is -0.186. The summed E-state index contributed by atoms with van der Waals surface area (Å²) in [4.78, 5) is 23.9. The maximum absolute atomic E-state index is 13.4. The summed E-state index contributed by atoms with van der Waals surface area (Å²) >= 11 is 0. The number of hydrogen-bond acceptors (Lipinski definition) is 5. The summed E-state index contributed by atoms with van der Waals surface area (Å²) in [7, 11) is 0. The maximum Gasteiger partial charge on any atom is 0.402 e. The van der Waals surface area contributed by atoms with E-state index < -0.39 is 17.2 Å². The highest BCUT2D eigenvalue weighted by Crippen LogP contribution is 2.44. The topological polar surface area (TPSA) is 112 Å². The summed E-state index contributed by atoms with van der Waals surface area (Å²) in [6.07, 6.45) is -4.63. The quantitative estimate of drug-likeness (QED) is 0.591. The highest BCUT2D eigenvalue weighted by atomic mass is 19.4. The highest BCUT2D eigenvalue weighted by molar-refractivity contribution is 5.70. The van der Waals surface area contributed by atoms with Crippen molar-refractivity contribution in [1.82, 2.24) is 25.3 Å². The van der Waals surface area contributed by atoms with Gasteiger partial charge in [0.15, 0.2) is 11.2 Å². The minimum atomic E-state index is -4.48. The van der Waals surface area contributed by atoms with Crippen LogP contribution in [0.1, 0.15) is 12.2 Å². The second kappa shape index (κ2) is 3.95. The average molecular weight is 288 g/mol. The zero-order valence-corrected chi connectivity index (χ0v) is 10.1. The number of anilines is 1. The lowest BCUT2D eigenvalue weighted by Crippen LogP contribution is -2.45. The molecular formula is C10H11F3N6O. The molecule has 0 amide bonds. The lowest BCUT2D eigenvalue weighted by atomic mass is 9.85. The molecule has 1 atom stereocenters. The number of nitrogens with two attached hydrogens (primary N) is 1. The van der Waals surface area contributed by atoms with Crippen molar-refractivity contribution in [3.8, 4) is 0 Å². The number of H-pyrrole nitrogens is 2. The van der Waals surface area contributed by atoms with Gasteiger partial charge in [0.05, 0.1) is 0 Å². The number of nitrogens with one attached hydrogen (secondary N) is 3. The number of alkyl halides is 3. The van der Waals surface area contributed by atoms with Gasteiger partial charge in [0.2, 0.25) is 5.95 Å². The van der Waals surface area contributed by atoms with E-state index >= 15 is 0 Å². The third-order valence-electron chi connectivity index (χ3n) is 3.53. The van der Waals surface area contributed by atoms with Crippen LogP contribution in [0, 0.1) is 0 Å². The fourth-order valence-corrected chi connectivity index (χ4v) is 2.42. The molecule has 0 aromatic carbocycles. The van der Waals surface area contributed by atoms with E-state index in [0.717, 1.165) is 0 Å². The Morgan fingerprint density at radius 3 is 2.60 bits per heavy atom. The first kappa shape index (κ1) is 12.9. The fourth-order valence-electron chi connectivity index (χ4n) is 2.42. The molecule has 0 radical (unpaired) electrons. The highest BCUT2D eigenvalue weighted by Gasteiger charge is 2.59. The lowest BCUT2D eigenvalue weighted by Gasteiger charge is -2.28. The molecule has 1 aliphatic rings. The number of halogens is 3. The van der Waals surface area contributed by atoms with Crippen molar-refractivity contribution < 1.29 is 13.2 Å². The van der Waals surface area contributed by atoms with Gasteiger partial charge in [-0.25, -0.2) is 4.98 Å². The second-order valence-electron chi connectivity index (χ2n) is 4.74. The molecule has 20 heavy (non-hydrogen) atoms. The SMILES string of the molecule is Nc1nc2nc(C3(C(F)(F)F)CCNC3)[nH]c2c(=O)[nH]1. The van der Waals surface area contributed by atoms with Crippen molar-refractivity contribution >= 4 is 17.1 Å². The zero-order valence-electron chi connectivity index (χ0n) is 10.1. The summed E-state index contributed by atoms with van der Waals surface area (Å²) < 4.78 is 40.1. The first-order valence-electron chi connectivity index (χ1n) is 5.87. The predicted octanol–water partition coefficient (Wildman–Crippen LogP) is 0.0218. The summed E-state index contributed by atoms with van der Waals surface area (Å²) in [6.45, 7) is -0.0633. The van der Waals surface area contributed by atoms with Crippen LogP contribution in [0.2, 0.25) is 0 Å². The minimum Gasteiger partial charge on any atom is -0.369 e. The Morgan fingerprint density at radius 2 is 2.00 bits per heavy atom. The number of fused-ring (bicyclic) bond motifs is 1. The van der Waals surface area contributed by atoms with Gasteiger partial charge < -0.3 is 16.0 Å². The van der Waals surface area contributed by atoms with Crippen LogP contribution in [0.25, 0.3) is 11.2 Å². The van der Waals surface area contributed by atoms with Gasteiger partial charge in [-0.1, -0.05) is 0 Å². The Balaban J connectivity index is 2.23. The summed E-state index contributed by atoms with van der Waals surface area (Å²) in [5.74, 6) is -0.500. The smallest absolute Gasteiger partial charge is 0.369 e. The molecule has 0 spiro atoms. The molecule has 1 fully saturated rings. The molecule has 0 aliphatic carbocycles. The largest absolute Gasteiger partial charge is 0.402 e. The summed E-state index contributed by atoms with van der Waals surface area (Å²) in [6, 6.07) is 0. The third kappa shape index (κ3) is 1.68. The van der Waals surface area contributed by atoms with E-state index in [9.17, 15) is 18.0 Å². The van der Waals surface area contributed by atoms with Gasteiger partial charge >= 0.3 is 6.18 Å². The van der Waals surface area contributed by atoms with Crippen molar-refractivity contribution in [3.05, 3.63) is 16.2 Å². The zero-order chi connectivity index (χ0) is 14.5. The van der Waals surface area contributed by atoms with Crippen LogP contribution in [0.3, 0.4) is 0 Å². The van der Waals surface area contributed by atoms with Gasteiger partial charge in [-0.15, -0.1) is 0 Å². The standard InChI is InChI=1S/C10H11F3N6O/c11-10(12,13)9(1-2-15-3-9)7-16-4-5(17-7)18-8(14)19-6(4)20/h15H,1-3H2,(H4,14,16,17,18,19,20). The van der Waals surface area contributed by atoms with E-state index in [0.29, 0.717) is 0 Å². The second-order valence-corrected chi connectivity index (χ2v) is 4.74. The first-order valence-corrected chi connectivity index (χ1v) is 5.87. The van der Waals surface area contributed by atoms with Crippen molar-refractivity contribution in [2.45, 2.75) is 18.0 Å². The van der Waals surface area contributed by atoms with Gasteiger partial charge in [0, 0.05) is 6.54 Å². The monoisotopic (exact) mass is 288 g/mol. The molecule has 1 unspecified atom stereocenters. The predicted molar refractivity (Wildman–Crippen MR) is 64.1 cm³/mol. The molecule has 2 aromatic rings. The number of hydrogen-bond donors (Lipinski definition) is 4. The molecular weight excluding hydrogens is 277 g/mol. The van der Waals surface area contributed by atoms with Crippen molar-refractivity contribution in [1.29, 1.82) is 0 Å². The number of aromatic nitrogens is 4. The molecule has 5 N–H and O–H groups in total. The normalized spacial score (nSPS) is 23.6. The molecule has 3 rings (SSSR count). The van der Waals surface area contributed by atoms with Crippen LogP contribution in [0.5, 0.6) is 0 Å². The van der Waals surface area contributed by atoms with Gasteiger partial charge in [0.25, 0.3) is 5.56 Å². The first-order chi connectivity index (χ1) is 9.33. The molecule has 7 nitrogen and oxygen atoms in total. The van der Waals surface area contributed by atoms with E-state index in [1.54, 1.807) is 0 Å².